The Morgan fingerprint density at radius 1 is 1.17 bits per heavy atom. The Labute approximate surface area is 200 Å². The van der Waals surface area contributed by atoms with E-state index in [4.69, 9.17) is 4.74 Å². The molecule has 0 aliphatic carbocycles. The molecule has 0 spiro atoms. The molecule has 0 saturated carbocycles. The minimum atomic E-state index is -4.65. The van der Waals surface area contributed by atoms with Gasteiger partial charge in [0.1, 0.15) is 11.6 Å². The Morgan fingerprint density at radius 2 is 1.89 bits per heavy atom. The Morgan fingerprint density at radius 3 is 2.54 bits per heavy atom. The zero-order chi connectivity index (χ0) is 25.2. The second kappa shape index (κ2) is 10.1. The van der Waals surface area contributed by atoms with Gasteiger partial charge in [0.05, 0.1) is 13.2 Å². The molecule has 1 unspecified atom stereocenters. The highest BCUT2D eigenvalue weighted by Crippen LogP contribution is 2.30. The SMILES string of the molecule is COc1ccccc1C(CNC(=O)C1CCN(c2ccc3nnc(C(F)(F)F)n3n2)CC1)N(C)C. The maximum absolute atomic E-state index is 13.2. The number of fused-ring (bicyclic) bond motifs is 1. The van der Waals surface area contributed by atoms with Crippen LogP contribution in [-0.2, 0) is 11.0 Å². The van der Waals surface area contributed by atoms with Crippen molar-refractivity contribution in [2.45, 2.75) is 25.1 Å². The van der Waals surface area contributed by atoms with Crippen LogP contribution >= 0.6 is 0 Å². The summed E-state index contributed by atoms with van der Waals surface area (Å²) >= 11 is 0. The highest BCUT2D eigenvalue weighted by molar-refractivity contribution is 5.79. The van der Waals surface area contributed by atoms with Crippen LogP contribution in [0.25, 0.3) is 5.65 Å². The molecule has 9 nitrogen and oxygen atoms in total. The van der Waals surface area contributed by atoms with Gasteiger partial charge in [-0.2, -0.15) is 17.7 Å². The van der Waals surface area contributed by atoms with Crippen LogP contribution in [0.1, 0.15) is 30.3 Å². The molecule has 2 aromatic heterocycles. The van der Waals surface area contributed by atoms with Gasteiger partial charge in [-0.3, -0.25) is 4.79 Å². The second-order valence-corrected chi connectivity index (χ2v) is 8.71. The van der Waals surface area contributed by atoms with Gasteiger partial charge in [-0.1, -0.05) is 18.2 Å². The van der Waals surface area contributed by atoms with Gasteiger partial charge in [-0.15, -0.1) is 15.3 Å². The lowest BCUT2D eigenvalue weighted by molar-refractivity contribution is -0.146. The second-order valence-electron chi connectivity index (χ2n) is 8.71. The third-order valence-corrected chi connectivity index (χ3v) is 6.28. The Bertz CT molecular complexity index is 1170. The smallest absolute Gasteiger partial charge is 0.453 e. The molecule has 0 bridgehead atoms. The van der Waals surface area contributed by atoms with E-state index in [0.29, 0.717) is 42.8 Å². The summed E-state index contributed by atoms with van der Waals surface area (Å²) in [6, 6.07) is 10.8. The lowest BCUT2D eigenvalue weighted by Gasteiger charge is -2.33. The molecule has 1 aliphatic heterocycles. The summed E-state index contributed by atoms with van der Waals surface area (Å²) in [5.41, 5.74) is 1.02. The summed E-state index contributed by atoms with van der Waals surface area (Å²) in [6.45, 7) is 1.44. The van der Waals surface area contributed by atoms with Crippen molar-refractivity contribution < 1.29 is 22.7 Å². The number of hydrogen-bond donors (Lipinski definition) is 1. The lowest BCUT2D eigenvalue weighted by Crippen LogP contribution is -2.43. The highest BCUT2D eigenvalue weighted by atomic mass is 19.4. The number of carbonyl (C=O) groups excluding carboxylic acids is 1. The Balaban J connectivity index is 1.37. The molecule has 1 aromatic carbocycles. The third-order valence-electron chi connectivity index (χ3n) is 6.28. The normalized spacial score (nSPS) is 16.0. The van der Waals surface area contributed by atoms with Crippen LogP contribution in [0.5, 0.6) is 5.75 Å². The summed E-state index contributed by atoms with van der Waals surface area (Å²) in [6.07, 6.45) is -3.51. The van der Waals surface area contributed by atoms with Crippen molar-refractivity contribution in [3.05, 3.63) is 47.8 Å². The number of para-hydroxylation sites is 1. The number of methoxy groups -OCH3 is 1. The first-order valence-electron chi connectivity index (χ1n) is 11.3. The van der Waals surface area contributed by atoms with Gasteiger partial charge >= 0.3 is 6.18 Å². The largest absolute Gasteiger partial charge is 0.496 e. The monoisotopic (exact) mass is 491 g/mol. The van der Waals surface area contributed by atoms with Crippen molar-refractivity contribution in [3.8, 4) is 5.75 Å². The van der Waals surface area contributed by atoms with Gasteiger partial charge < -0.3 is 19.9 Å². The van der Waals surface area contributed by atoms with Crippen molar-refractivity contribution in [2.75, 3.05) is 45.7 Å². The van der Waals surface area contributed by atoms with Crippen LogP contribution in [-0.4, -0.2) is 71.5 Å². The number of hydrogen-bond acceptors (Lipinski definition) is 7. The molecular formula is C23H28F3N7O2. The molecule has 1 N–H and O–H groups in total. The van der Waals surface area contributed by atoms with E-state index in [0.717, 1.165) is 11.3 Å². The number of amides is 1. The number of carbonyl (C=O) groups is 1. The molecule has 188 valence electrons. The average molecular weight is 492 g/mol. The lowest BCUT2D eigenvalue weighted by atomic mass is 9.95. The maximum Gasteiger partial charge on any atom is 0.453 e. The zero-order valence-corrected chi connectivity index (χ0v) is 19.8. The van der Waals surface area contributed by atoms with Crippen LogP contribution in [0.3, 0.4) is 0 Å². The predicted octanol–water partition coefficient (Wildman–Crippen LogP) is 2.79. The van der Waals surface area contributed by atoms with E-state index in [1.165, 1.54) is 6.07 Å². The summed E-state index contributed by atoms with van der Waals surface area (Å²) in [4.78, 5) is 16.8. The van der Waals surface area contributed by atoms with E-state index >= 15 is 0 Å². The number of aromatic nitrogens is 4. The van der Waals surface area contributed by atoms with E-state index in [2.05, 4.69) is 20.6 Å². The van der Waals surface area contributed by atoms with Gasteiger partial charge in [0.25, 0.3) is 5.82 Å². The molecule has 3 aromatic rings. The average Bonchev–Trinajstić information content (AvgIpc) is 3.28. The van der Waals surface area contributed by atoms with Crippen molar-refractivity contribution in [3.63, 3.8) is 0 Å². The minimum Gasteiger partial charge on any atom is -0.496 e. The van der Waals surface area contributed by atoms with Gasteiger partial charge in [0, 0.05) is 31.1 Å². The number of anilines is 1. The predicted molar refractivity (Wildman–Crippen MR) is 123 cm³/mol. The van der Waals surface area contributed by atoms with Crippen molar-refractivity contribution in [2.24, 2.45) is 5.92 Å². The first kappa shape index (κ1) is 24.7. The molecular weight excluding hydrogens is 463 g/mol. The van der Waals surface area contributed by atoms with Crippen molar-refractivity contribution in [1.29, 1.82) is 0 Å². The number of benzene rings is 1. The third kappa shape index (κ3) is 5.31. The van der Waals surface area contributed by atoms with E-state index < -0.39 is 12.0 Å². The fraction of sp³-hybridized carbons (Fsp3) is 0.478. The van der Waals surface area contributed by atoms with E-state index in [-0.39, 0.29) is 23.5 Å². The number of nitrogens with one attached hydrogen (secondary N) is 1. The van der Waals surface area contributed by atoms with Crippen LogP contribution in [0, 0.1) is 5.92 Å². The fourth-order valence-electron chi connectivity index (χ4n) is 4.35. The van der Waals surface area contributed by atoms with E-state index in [1.54, 1.807) is 13.2 Å². The number of alkyl halides is 3. The van der Waals surface area contributed by atoms with Gasteiger partial charge in [-0.25, -0.2) is 0 Å². The number of rotatable bonds is 7. The first-order valence-corrected chi connectivity index (χ1v) is 11.3. The highest BCUT2D eigenvalue weighted by Gasteiger charge is 2.38. The quantitative estimate of drug-likeness (QED) is 0.544. The van der Waals surface area contributed by atoms with Crippen molar-refractivity contribution in [1.82, 2.24) is 30.0 Å². The molecule has 1 aliphatic rings. The molecule has 1 saturated heterocycles. The Kier molecular flexibility index (Phi) is 7.10. The van der Waals surface area contributed by atoms with Gasteiger partial charge in [-0.05, 0) is 45.1 Å². The van der Waals surface area contributed by atoms with Gasteiger partial charge in [0.2, 0.25) is 5.91 Å². The molecule has 12 heteroatoms. The summed E-state index contributed by atoms with van der Waals surface area (Å²) in [5, 5.41) is 13.9. The first-order chi connectivity index (χ1) is 16.7. The molecule has 0 radical (unpaired) electrons. The van der Waals surface area contributed by atoms with Crippen LogP contribution in [0.4, 0.5) is 19.0 Å². The van der Waals surface area contributed by atoms with E-state index in [1.807, 2.05) is 48.2 Å². The molecule has 35 heavy (non-hydrogen) atoms. The standard InChI is InChI=1S/C23H28F3N7O2/c1-31(2)17(16-6-4-5-7-18(16)35-3)14-27-21(34)15-10-12-32(13-11-15)20-9-8-19-28-29-22(23(24,25)26)33(19)30-20/h4-9,15,17H,10-14H2,1-3H3,(H,27,34). The number of nitrogens with zero attached hydrogens (tertiary/aromatic N) is 6. The number of piperidine rings is 1. The summed E-state index contributed by atoms with van der Waals surface area (Å²) < 4.78 is 45.7. The summed E-state index contributed by atoms with van der Waals surface area (Å²) in [7, 11) is 5.52. The Hall–Kier alpha value is -3.41. The number of ether oxygens (including phenoxy) is 1. The number of halogens is 3. The maximum atomic E-state index is 13.2. The van der Waals surface area contributed by atoms with Crippen LogP contribution < -0.4 is 15.0 Å². The van der Waals surface area contributed by atoms with Crippen LogP contribution in [0.2, 0.25) is 0 Å². The van der Waals surface area contributed by atoms with Crippen LogP contribution in [0.15, 0.2) is 36.4 Å². The van der Waals surface area contributed by atoms with E-state index in [9.17, 15) is 18.0 Å². The summed E-state index contributed by atoms with van der Waals surface area (Å²) in [5.74, 6) is -0.219. The fourth-order valence-corrected chi connectivity index (χ4v) is 4.35. The molecule has 1 amide bonds. The topological polar surface area (TPSA) is 87.9 Å². The minimum absolute atomic E-state index is 0.0285. The van der Waals surface area contributed by atoms with Gasteiger partial charge in [0.15, 0.2) is 5.65 Å². The molecule has 4 rings (SSSR count). The molecule has 1 atom stereocenters. The molecule has 3 heterocycles. The number of likely N-dealkylation sites (N-methyl/N-ethyl adjacent to an activating group) is 1. The zero-order valence-electron chi connectivity index (χ0n) is 19.8. The molecule has 1 fully saturated rings. The van der Waals surface area contributed by atoms with Crippen molar-refractivity contribution >= 4 is 17.4 Å².